The molecule has 1 N–H and O–H groups in total. The Kier molecular flexibility index (Phi) is 2.75. The summed E-state index contributed by atoms with van der Waals surface area (Å²) in [6, 6.07) is 5.29. The van der Waals surface area contributed by atoms with Crippen molar-refractivity contribution in [2.75, 3.05) is 0 Å². The minimum absolute atomic E-state index is 0.482. The molecule has 76 valence electrons. The zero-order valence-corrected chi connectivity index (χ0v) is 9.00. The zero-order chi connectivity index (χ0) is 10.8. The first-order valence-corrected chi connectivity index (χ1v) is 4.89. The fourth-order valence-corrected chi connectivity index (χ4v) is 1.72. The Morgan fingerprint density at radius 1 is 1.33 bits per heavy atom. The number of oxime groups is 1. The Balaban J connectivity index is 2.81. The second-order valence-corrected chi connectivity index (χ2v) is 3.77. The molecule has 0 atom stereocenters. The van der Waals surface area contributed by atoms with E-state index < -0.39 is 0 Å². The summed E-state index contributed by atoms with van der Waals surface area (Å²) in [5.74, 6) is 0. The molecule has 1 aromatic heterocycles. The predicted molar refractivity (Wildman–Crippen MR) is 61.1 cm³/mol. The summed E-state index contributed by atoms with van der Waals surface area (Å²) in [6.07, 6.45) is 2.78. The van der Waals surface area contributed by atoms with E-state index in [1.165, 1.54) is 12.4 Å². The van der Waals surface area contributed by atoms with Crippen molar-refractivity contribution in [1.82, 2.24) is 4.98 Å². The minimum atomic E-state index is 0.482. The molecular weight excluding hydrogens is 235 g/mol. The summed E-state index contributed by atoms with van der Waals surface area (Å²) >= 11 is 11.8. The van der Waals surface area contributed by atoms with Crippen LogP contribution in [0.15, 0.2) is 29.6 Å². The summed E-state index contributed by atoms with van der Waals surface area (Å²) in [7, 11) is 0. The van der Waals surface area contributed by atoms with Gasteiger partial charge >= 0.3 is 0 Å². The lowest BCUT2D eigenvalue weighted by atomic mass is 10.1. The lowest BCUT2D eigenvalue weighted by Gasteiger charge is -2.03. The molecule has 3 nitrogen and oxygen atoms in total. The van der Waals surface area contributed by atoms with Gasteiger partial charge in [0.2, 0.25) is 0 Å². The largest absolute Gasteiger partial charge is 0.411 e. The molecule has 1 heterocycles. The Labute approximate surface area is 95.9 Å². The zero-order valence-electron chi connectivity index (χ0n) is 7.48. The van der Waals surface area contributed by atoms with Crippen LogP contribution in [-0.2, 0) is 0 Å². The first-order chi connectivity index (χ1) is 7.22. The van der Waals surface area contributed by atoms with Crippen molar-refractivity contribution in [3.63, 3.8) is 0 Å². The third-order valence-corrected chi connectivity index (χ3v) is 2.53. The SMILES string of the molecule is O/N=C\c1c(Cl)ccc2cc(Cl)cnc12. The Morgan fingerprint density at radius 3 is 2.87 bits per heavy atom. The fourth-order valence-electron chi connectivity index (χ4n) is 1.35. The van der Waals surface area contributed by atoms with Gasteiger partial charge in [-0.3, -0.25) is 4.98 Å². The van der Waals surface area contributed by atoms with E-state index in [1.807, 2.05) is 6.07 Å². The lowest BCUT2D eigenvalue weighted by Crippen LogP contribution is -1.89. The first-order valence-electron chi connectivity index (χ1n) is 4.13. The molecule has 0 aliphatic heterocycles. The van der Waals surface area contributed by atoms with Crippen molar-refractivity contribution >= 4 is 40.3 Å². The van der Waals surface area contributed by atoms with E-state index in [4.69, 9.17) is 28.4 Å². The molecule has 2 aromatic rings. The van der Waals surface area contributed by atoms with Crippen LogP contribution in [0.5, 0.6) is 0 Å². The summed E-state index contributed by atoms with van der Waals surface area (Å²) in [5, 5.41) is 13.4. The van der Waals surface area contributed by atoms with Gasteiger partial charge in [-0.25, -0.2) is 0 Å². The molecule has 0 unspecified atom stereocenters. The van der Waals surface area contributed by atoms with Crippen LogP contribution in [-0.4, -0.2) is 16.4 Å². The van der Waals surface area contributed by atoms with E-state index in [0.717, 1.165) is 5.39 Å². The Morgan fingerprint density at radius 2 is 2.13 bits per heavy atom. The van der Waals surface area contributed by atoms with Crippen molar-refractivity contribution in [2.24, 2.45) is 5.16 Å². The van der Waals surface area contributed by atoms with E-state index in [9.17, 15) is 0 Å². The van der Waals surface area contributed by atoms with Gasteiger partial charge in [0.1, 0.15) is 0 Å². The average molecular weight is 241 g/mol. The maximum Gasteiger partial charge on any atom is 0.0807 e. The van der Waals surface area contributed by atoms with Crippen LogP contribution in [0.1, 0.15) is 5.56 Å². The molecular formula is C10H6Cl2N2O. The highest BCUT2D eigenvalue weighted by atomic mass is 35.5. The minimum Gasteiger partial charge on any atom is -0.411 e. The van der Waals surface area contributed by atoms with Gasteiger partial charge in [0, 0.05) is 17.1 Å². The van der Waals surface area contributed by atoms with Crippen molar-refractivity contribution in [1.29, 1.82) is 0 Å². The molecule has 0 aliphatic rings. The Hall–Kier alpha value is -1.32. The highest BCUT2D eigenvalue weighted by Gasteiger charge is 2.05. The summed E-state index contributed by atoms with van der Waals surface area (Å²) < 4.78 is 0. The number of aromatic nitrogens is 1. The standard InChI is InChI=1S/C10H6Cl2N2O/c11-7-3-6-1-2-9(12)8(5-14-15)10(6)13-4-7/h1-5,15H/b14-5-. The second-order valence-electron chi connectivity index (χ2n) is 2.93. The van der Waals surface area contributed by atoms with Gasteiger partial charge in [-0.2, -0.15) is 0 Å². The number of halogens is 2. The molecule has 0 spiro atoms. The van der Waals surface area contributed by atoms with Gasteiger partial charge in [0.25, 0.3) is 0 Å². The smallest absolute Gasteiger partial charge is 0.0807 e. The lowest BCUT2D eigenvalue weighted by molar-refractivity contribution is 0.322. The number of hydrogen-bond acceptors (Lipinski definition) is 3. The van der Waals surface area contributed by atoms with E-state index in [0.29, 0.717) is 21.1 Å². The van der Waals surface area contributed by atoms with Crippen molar-refractivity contribution in [2.45, 2.75) is 0 Å². The monoisotopic (exact) mass is 240 g/mol. The normalized spacial score (nSPS) is 11.3. The van der Waals surface area contributed by atoms with Crippen molar-refractivity contribution < 1.29 is 5.21 Å². The number of nitrogens with zero attached hydrogens (tertiary/aromatic N) is 2. The van der Waals surface area contributed by atoms with E-state index >= 15 is 0 Å². The van der Waals surface area contributed by atoms with Gasteiger partial charge in [0.15, 0.2) is 0 Å². The number of rotatable bonds is 1. The molecule has 0 aliphatic carbocycles. The molecule has 0 fully saturated rings. The van der Waals surface area contributed by atoms with Crippen LogP contribution in [0, 0.1) is 0 Å². The third kappa shape index (κ3) is 1.89. The summed E-state index contributed by atoms with van der Waals surface area (Å²) in [4.78, 5) is 4.14. The number of pyridine rings is 1. The topological polar surface area (TPSA) is 45.5 Å². The first kappa shape index (κ1) is 10.2. The molecule has 0 amide bonds. The van der Waals surface area contributed by atoms with Gasteiger partial charge < -0.3 is 5.21 Å². The van der Waals surface area contributed by atoms with Gasteiger partial charge in [-0.15, -0.1) is 0 Å². The van der Waals surface area contributed by atoms with E-state index in [-0.39, 0.29) is 0 Å². The molecule has 2 rings (SSSR count). The highest BCUT2D eigenvalue weighted by Crippen LogP contribution is 2.24. The quantitative estimate of drug-likeness (QED) is 0.472. The van der Waals surface area contributed by atoms with Gasteiger partial charge in [0.05, 0.1) is 21.8 Å². The fraction of sp³-hybridized carbons (Fsp3) is 0. The van der Waals surface area contributed by atoms with Crippen LogP contribution in [0.2, 0.25) is 10.0 Å². The number of hydrogen-bond donors (Lipinski definition) is 1. The summed E-state index contributed by atoms with van der Waals surface area (Å²) in [5.41, 5.74) is 1.23. The molecule has 0 bridgehead atoms. The maximum absolute atomic E-state index is 8.52. The predicted octanol–water partition coefficient (Wildman–Crippen LogP) is 3.35. The van der Waals surface area contributed by atoms with Crippen LogP contribution in [0.25, 0.3) is 10.9 Å². The van der Waals surface area contributed by atoms with E-state index in [2.05, 4.69) is 10.1 Å². The number of fused-ring (bicyclic) bond motifs is 1. The van der Waals surface area contributed by atoms with E-state index in [1.54, 1.807) is 12.1 Å². The highest BCUT2D eigenvalue weighted by molar-refractivity contribution is 6.35. The number of benzene rings is 1. The summed E-state index contributed by atoms with van der Waals surface area (Å²) in [6.45, 7) is 0. The van der Waals surface area contributed by atoms with Crippen LogP contribution in [0.4, 0.5) is 0 Å². The molecule has 5 heteroatoms. The molecule has 0 saturated heterocycles. The molecule has 1 aromatic carbocycles. The molecule has 0 radical (unpaired) electrons. The van der Waals surface area contributed by atoms with Crippen LogP contribution < -0.4 is 0 Å². The van der Waals surface area contributed by atoms with Gasteiger partial charge in [-0.05, 0) is 12.1 Å². The van der Waals surface area contributed by atoms with Gasteiger partial charge in [-0.1, -0.05) is 34.4 Å². The average Bonchev–Trinajstić information content (AvgIpc) is 2.22. The van der Waals surface area contributed by atoms with Crippen LogP contribution >= 0.6 is 23.2 Å². The maximum atomic E-state index is 8.52. The Bertz CT molecular complexity index is 540. The third-order valence-electron chi connectivity index (χ3n) is 1.99. The molecule has 15 heavy (non-hydrogen) atoms. The van der Waals surface area contributed by atoms with Crippen molar-refractivity contribution in [3.05, 3.63) is 40.0 Å². The molecule has 0 saturated carbocycles. The second kappa shape index (κ2) is 4.04. The van der Waals surface area contributed by atoms with Crippen molar-refractivity contribution in [3.8, 4) is 0 Å². The van der Waals surface area contributed by atoms with Crippen LogP contribution in [0.3, 0.4) is 0 Å².